The van der Waals surface area contributed by atoms with Crippen LogP contribution in [0, 0.1) is 0 Å². The molecule has 0 aromatic carbocycles. The predicted molar refractivity (Wildman–Crippen MR) is 122 cm³/mol. The molecule has 2 fully saturated rings. The number of likely N-dealkylation sites (tertiary alicyclic amines) is 1. The largest absolute Gasteiger partial charge is 0.418 e. The Morgan fingerprint density at radius 2 is 1.78 bits per heavy atom. The first-order chi connectivity index (χ1) is 15.6. The molecule has 0 saturated carbocycles. The fourth-order valence-electron chi connectivity index (χ4n) is 4.20. The summed E-state index contributed by atoms with van der Waals surface area (Å²) in [5.41, 5.74) is 0. The lowest BCUT2D eigenvalue weighted by atomic mass is 10.3. The van der Waals surface area contributed by atoms with Crippen LogP contribution < -0.4 is 0 Å². The monoisotopic (exact) mass is 460 g/mol. The Bertz CT molecular complexity index is 872. The summed E-state index contributed by atoms with van der Waals surface area (Å²) in [7, 11) is 0. The molecule has 0 radical (unpaired) electrons. The van der Waals surface area contributed by atoms with Crippen LogP contribution in [0.3, 0.4) is 0 Å². The molecule has 2 aliphatic rings. The zero-order valence-corrected chi connectivity index (χ0v) is 19.6. The second-order valence-electron chi connectivity index (χ2n) is 8.43. The molecule has 4 rings (SSSR count). The molecule has 10 heteroatoms. The van der Waals surface area contributed by atoms with Gasteiger partial charge in [0, 0.05) is 45.8 Å². The van der Waals surface area contributed by atoms with Crippen molar-refractivity contribution >= 4 is 23.2 Å². The van der Waals surface area contributed by atoms with Gasteiger partial charge in [0.15, 0.2) is 0 Å². The third-order valence-corrected chi connectivity index (χ3v) is 6.87. The predicted octanol–water partition coefficient (Wildman–Crippen LogP) is 1.78. The maximum atomic E-state index is 13.0. The number of thiophene rings is 1. The number of piperazine rings is 1. The zero-order valence-electron chi connectivity index (χ0n) is 18.7. The first kappa shape index (κ1) is 22.9. The van der Waals surface area contributed by atoms with Gasteiger partial charge >= 0.3 is 0 Å². The van der Waals surface area contributed by atoms with Crippen LogP contribution in [0.25, 0.3) is 10.8 Å². The standard InChI is InChI=1S/C22H32N6O3S/c1-2-7-28(15-19-23-24-22(31-19)18-6-5-14-32-18)21(30)17-26-12-10-25(11-13-26)16-20(29)27-8-3-4-9-27/h5-6,14H,2-4,7-13,15-17H2,1H3. The molecule has 2 saturated heterocycles. The normalized spacial score (nSPS) is 17.7. The van der Waals surface area contributed by atoms with E-state index in [-0.39, 0.29) is 11.8 Å². The van der Waals surface area contributed by atoms with Gasteiger partial charge < -0.3 is 14.2 Å². The summed E-state index contributed by atoms with van der Waals surface area (Å²) in [4.78, 5) is 34.5. The number of hydrogen-bond acceptors (Lipinski definition) is 8. The van der Waals surface area contributed by atoms with Gasteiger partial charge in [-0.15, -0.1) is 21.5 Å². The van der Waals surface area contributed by atoms with Crippen LogP contribution in [0.15, 0.2) is 21.9 Å². The Morgan fingerprint density at radius 1 is 1.06 bits per heavy atom. The van der Waals surface area contributed by atoms with E-state index in [0.29, 0.717) is 38.0 Å². The van der Waals surface area contributed by atoms with Crippen LogP contribution >= 0.6 is 11.3 Å². The first-order valence-corrected chi connectivity index (χ1v) is 12.4. The Hall–Kier alpha value is -2.30. The summed E-state index contributed by atoms with van der Waals surface area (Å²) in [5.74, 6) is 1.27. The van der Waals surface area contributed by atoms with Crippen molar-refractivity contribution in [1.82, 2.24) is 29.8 Å². The van der Waals surface area contributed by atoms with Crippen LogP contribution in [-0.2, 0) is 16.1 Å². The highest BCUT2D eigenvalue weighted by Crippen LogP contribution is 2.23. The lowest BCUT2D eigenvalue weighted by Crippen LogP contribution is -2.52. The molecule has 2 aromatic heterocycles. The van der Waals surface area contributed by atoms with Crippen molar-refractivity contribution in [2.45, 2.75) is 32.7 Å². The van der Waals surface area contributed by atoms with Gasteiger partial charge in [0.2, 0.25) is 17.7 Å². The minimum absolute atomic E-state index is 0.0734. The number of rotatable bonds is 9. The number of hydrogen-bond donors (Lipinski definition) is 0. The van der Waals surface area contributed by atoms with E-state index in [2.05, 4.69) is 26.9 Å². The summed E-state index contributed by atoms with van der Waals surface area (Å²) in [6.07, 6.45) is 3.10. The van der Waals surface area contributed by atoms with Crippen LogP contribution in [0.5, 0.6) is 0 Å². The van der Waals surface area contributed by atoms with E-state index < -0.39 is 0 Å². The quantitative estimate of drug-likeness (QED) is 0.564. The molecule has 2 amide bonds. The molecule has 174 valence electrons. The van der Waals surface area contributed by atoms with E-state index in [9.17, 15) is 9.59 Å². The van der Waals surface area contributed by atoms with Gasteiger partial charge in [0.05, 0.1) is 24.5 Å². The molecule has 0 spiro atoms. The Labute approximate surface area is 193 Å². The van der Waals surface area contributed by atoms with E-state index in [4.69, 9.17) is 4.42 Å². The van der Waals surface area contributed by atoms with Crippen LogP contribution in [0.1, 0.15) is 32.1 Å². The Kier molecular flexibility index (Phi) is 7.88. The van der Waals surface area contributed by atoms with E-state index in [1.807, 2.05) is 22.4 Å². The fraction of sp³-hybridized carbons (Fsp3) is 0.636. The third kappa shape index (κ3) is 5.93. The van der Waals surface area contributed by atoms with Gasteiger partial charge in [0.1, 0.15) is 0 Å². The van der Waals surface area contributed by atoms with Crippen molar-refractivity contribution in [1.29, 1.82) is 0 Å². The molecule has 0 aliphatic carbocycles. The minimum atomic E-state index is 0.0734. The van der Waals surface area contributed by atoms with E-state index in [1.165, 1.54) is 0 Å². The highest BCUT2D eigenvalue weighted by atomic mass is 32.1. The van der Waals surface area contributed by atoms with E-state index in [1.54, 1.807) is 16.2 Å². The summed E-state index contributed by atoms with van der Waals surface area (Å²) in [6.45, 7) is 8.92. The molecule has 0 bridgehead atoms. The van der Waals surface area contributed by atoms with Gasteiger partial charge in [0.25, 0.3) is 5.89 Å². The molecule has 0 N–H and O–H groups in total. The van der Waals surface area contributed by atoms with Crippen molar-refractivity contribution in [2.75, 3.05) is 58.9 Å². The molecule has 2 aromatic rings. The highest BCUT2D eigenvalue weighted by molar-refractivity contribution is 7.13. The van der Waals surface area contributed by atoms with Gasteiger partial charge in [-0.3, -0.25) is 19.4 Å². The average Bonchev–Trinajstić information content (AvgIpc) is 3.56. The van der Waals surface area contributed by atoms with Crippen molar-refractivity contribution < 1.29 is 14.0 Å². The number of amides is 2. The topological polar surface area (TPSA) is 86.0 Å². The second kappa shape index (κ2) is 11.0. The highest BCUT2D eigenvalue weighted by Gasteiger charge is 2.26. The van der Waals surface area contributed by atoms with E-state index in [0.717, 1.165) is 63.4 Å². The second-order valence-corrected chi connectivity index (χ2v) is 9.38. The number of aromatic nitrogens is 2. The van der Waals surface area contributed by atoms with Gasteiger partial charge in [-0.1, -0.05) is 13.0 Å². The summed E-state index contributed by atoms with van der Waals surface area (Å²) in [6, 6.07) is 3.88. The van der Waals surface area contributed by atoms with Crippen molar-refractivity contribution in [3.63, 3.8) is 0 Å². The SMILES string of the molecule is CCCN(Cc1nnc(-c2cccs2)o1)C(=O)CN1CCN(CC(=O)N2CCCC2)CC1. The van der Waals surface area contributed by atoms with E-state index >= 15 is 0 Å². The number of carbonyl (C=O) groups is 2. The summed E-state index contributed by atoms with van der Waals surface area (Å²) in [5, 5.41) is 10.2. The summed E-state index contributed by atoms with van der Waals surface area (Å²) >= 11 is 1.55. The molecular formula is C22H32N6O3S. The number of nitrogens with zero attached hydrogens (tertiary/aromatic N) is 6. The third-order valence-electron chi connectivity index (χ3n) is 6.01. The Balaban J connectivity index is 1.25. The van der Waals surface area contributed by atoms with Crippen molar-refractivity contribution in [3.05, 3.63) is 23.4 Å². The summed E-state index contributed by atoms with van der Waals surface area (Å²) < 4.78 is 5.78. The average molecular weight is 461 g/mol. The van der Waals surface area contributed by atoms with Gasteiger partial charge in [-0.05, 0) is 30.7 Å². The molecule has 32 heavy (non-hydrogen) atoms. The first-order valence-electron chi connectivity index (χ1n) is 11.5. The molecule has 4 heterocycles. The molecule has 0 unspecified atom stereocenters. The van der Waals surface area contributed by atoms with Crippen molar-refractivity contribution in [3.8, 4) is 10.8 Å². The maximum Gasteiger partial charge on any atom is 0.257 e. The molecular weight excluding hydrogens is 428 g/mol. The molecule has 9 nitrogen and oxygen atoms in total. The van der Waals surface area contributed by atoms with Crippen LogP contribution in [0.2, 0.25) is 0 Å². The van der Waals surface area contributed by atoms with Crippen LogP contribution in [0.4, 0.5) is 0 Å². The lowest BCUT2D eigenvalue weighted by molar-refractivity contribution is -0.135. The number of carbonyl (C=O) groups excluding carboxylic acids is 2. The van der Waals surface area contributed by atoms with Gasteiger partial charge in [-0.2, -0.15) is 0 Å². The fourth-order valence-corrected chi connectivity index (χ4v) is 4.84. The lowest BCUT2D eigenvalue weighted by Gasteiger charge is -2.35. The van der Waals surface area contributed by atoms with Gasteiger partial charge in [-0.25, -0.2) is 0 Å². The van der Waals surface area contributed by atoms with Crippen LogP contribution in [-0.4, -0.2) is 101 Å². The smallest absolute Gasteiger partial charge is 0.257 e. The Morgan fingerprint density at radius 3 is 2.44 bits per heavy atom. The van der Waals surface area contributed by atoms with Crippen molar-refractivity contribution in [2.24, 2.45) is 0 Å². The zero-order chi connectivity index (χ0) is 22.3. The maximum absolute atomic E-state index is 13.0. The minimum Gasteiger partial charge on any atom is -0.418 e. The molecule has 2 aliphatic heterocycles. The molecule has 0 atom stereocenters.